The van der Waals surface area contributed by atoms with Crippen molar-refractivity contribution in [3.05, 3.63) is 208 Å². The molecule has 0 atom stereocenters. The quantitative estimate of drug-likeness (QED) is 0.0929. The van der Waals surface area contributed by atoms with Gasteiger partial charge in [0.15, 0.2) is 0 Å². The lowest BCUT2D eigenvalue weighted by Crippen LogP contribution is -2.37. The van der Waals surface area contributed by atoms with E-state index >= 15 is 0 Å². The minimum atomic E-state index is -1.33. The Morgan fingerprint density at radius 1 is 0.350 bits per heavy atom. The Bertz CT molecular complexity index is 2580. The Kier molecular flexibility index (Phi) is 11.3. The van der Waals surface area contributed by atoms with Crippen molar-refractivity contribution in [1.29, 1.82) is 0 Å². The second kappa shape index (κ2) is 16.6. The molecule has 0 fully saturated rings. The molecule has 0 aliphatic heterocycles. The number of rotatable bonds is 11. The van der Waals surface area contributed by atoms with Crippen LogP contribution in [0.3, 0.4) is 0 Å². The van der Waals surface area contributed by atoms with Crippen LogP contribution in [0, 0.1) is 0 Å². The lowest BCUT2D eigenvalue weighted by atomic mass is 9.81. The van der Waals surface area contributed by atoms with Crippen LogP contribution < -0.4 is 15.3 Å². The van der Waals surface area contributed by atoms with E-state index in [1.807, 2.05) is 0 Å². The monoisotopic (exact) mass is 811 g/mol. The van der Waals surface area contributed by atoms with Crippen molar-refractivity contribution in [2.24, 2.45) is 0 Å². The van der Waals surface area contributed by atoms with E-state index in [4.69, 9.17) is 0 Å². The zero-order valence-electron chi connectivity index (χ0n) is 36.5. The third kappa shape index (κ3) is 8.94. The first-order chi connectivity index (χ1) is 28.7. The minimum Gasteiger partial charge on any atom is -0.310 e. The number of anilines is 3. The van der Waals surface area contributed by atoms with Crippen molar-refractivity contribution in [2.75, 3.05) is 4.90 Å². The first-order valence-corrected chi connectivity index (χ1v) is 28.3. The van der Waals surface area contributed by atoms with Gasteiger partial charge in [-0.05, 0) is 92.0 Å². The predicted molar refractivity (Wildman–Crippen MR) is 271 cm³/mol. The molecule has 0 spiro atoms. The van der Waals surface area contributed by atoms with Gasteiger partial charge in [-0.1, -0.05) is 227 Å². The summed E-state index contributed by atoms with van der Waals surface area (Å²) in [7, 11) is -2.65. The Hall–Kier alpha value is -6.01. The Morgan fingerprint density at radius 2 is 0.683 bits per heavy atom. The fraction of sp³-hybridized carbons (Fsp3) is 0.158. The smallest absolute Gasteiger partial charge is 0.0775 e. The fourth-order valence-electron chi connectivity index (χ4n) is 8.23. The molecule has 1 nitrogen and oxygen atoms in total. The van der Waals surface area contributed by atoms with Crippen molar-refractivity contribution in [3.63, 3.8) is 0 Å². The van der Waals surface area contributed by atoms with Crippen molar-refractivity contribution < 1.29 is 0 Å². The molecule has 8 rings (SSSR count). The van der Waals surface area contributed by atoms with Crippen LogP contribution in [0.1, 0.15) is 58.4 Å². The SMILES string of the molecule is CC1(C)c2cc(C=Cc3ccccc3)ccc2-c2ccc(N(c3ccc(C=Cc4ccc([Si](C)(C)C)cc4)cc3)c3ccc(C=Cc4ccc([Si](C)(C)C)cc4)cc3)cc21. The zero-order valence-corrected chi connectivity index (χ0v) is 38.5. The molecule has 0 saturated heterocycles. The van der Waals surface area contributed by atoms with E-state index in [0.29, 0.717) is 0 Å². The highest BCUT2D eigenvalue weighted by Gasteiger charge is 2.36. The van der Waals surface area contributed by atoms with E-state index in [9.17, 15) is 0 Å². The Morgan fingerprint density at radius 3 is 1.12 bits per heavy atom. The molecule has 0 heterocycles. The summed E-state index contributed by atoms with van der Waals surface area (Å²) in [5, 5.41) is 2.97. The van der Waals surface area contributed by atoms with Gasteiger partial charge in [0.05, 0.1) is 16.1 Å². The van der Waals surface area contributed by atoms with Gasteiger partial charge in [-0.25, -0.2) is 0 Å². The molecule has 0 radical (unpaired) electrons. The third-order valence-corrected chi connectivity index (χ3v) is 16.1. The topological polar surface area (TPSA) is 3.24 Å². The molecule has 7 aromatic carbocycles. The molecule has 1 aliphatic rings. The second-order valence-corrected chi connectivity index (χ2v) is 29.0. The van der Waals surface area contributed by atoms with Crippen LogP contribution in [0.25, 0.3) is 47.6 Å². The van der Waals surface area contributed by atoms with Crippen LogP contribution in [0.15, 0.2) is 164 Å². The molecular formula is C57H57NSi2. The Labute approximate surface area is 361 Å². The highest BCUT2D eigenvalue weighted by atomic mass is 28.3. The second-order valence-electron chi connectivity index (χ2n) is 18.8. The maximum absolute atomic E-state index is 2.42. The van der Waals surface area contributed by atoms with Gasteiger partial charge in [-0.2, -0.15) is 0 Å². The van der Waals surface area contributed by atoms with Gasteiger partial charge in [0.1, 0.15) is 0 Å². The molecule has 298 valence electrons. The van der Waals surface area contributed by atoms with E-state index in [-0.39, 0.29) is 5.41 Å². The molecule has 0 amide bonds. The van der Waals surface area contributed by atoms with Crippen LogP contribution in [0.5, 0.6) is 0 Å². The van der Waals surface area contributed by atoms with Crippen LogP contribution in [0.2, 0.25) is 39.3 Å². The summed E-state index contributed by atoms with van der Waals surface area (Å²) in [5.41, 5.74) is 15.8. The Balaban J connectivity index is 1.11. The summed E-state index contributed by atoms with van der Waals surface area (Å²) in [6, 6.07) is 60.7. The van der Waals surface area contributed by atoms with Gasteiger partial charge in [0.2, 0.25) is 0 Å². The molecular weight excluding hydrogens is 755 g/mol. The molecule has 0 bridgehead atoms. The summed E-state index contributed by atoms with van der Waals surface area (Å²) in [4.78, 5) is 2.40. The first kappa shape index (κ1) is 40.8. The summed E-state index contributed by atoms with van der Waals surface area (Å²) < 4.78 is 0. The summed E-state index contributed by atoms with van der Waals surface area (Å²) in [5.74, 6) is 0. The van der Waals surface area contributed by atoms with Gasteiger partial charge >= 0.3 is 0 Å². The van der Waals surface area contributed by atoms with Crippen molar-refractivity contribution in [2.45, 2.75) is 58.5 Å². The zero-order chi connectivity index (χ0) is 42.1. The maximum atomic E-state index is 2.42. The average molecular weight is 812 g/mol. The normalized spacial score (nSPS) is 13.6. The summed E-state index contributed by atoms with van der Waals surface area (Å²) in [6.07, 6.45) is 13.3. The van der Waals surface area contributed by atoms with E-state index in [0.717, 1.165) is 17.1 Å². The van der Waals surface area contributed by atoms with Gasteiger partial charge in [0.25, 0.3) is 0 Å². The number of benzene rings is 7. The number of fused-ring (bicyclic) bond motifs is 3. The molecule has 0 saturated carbocycles. The van der Waals surface area contributed by atoms with Crippen molar-refractivity contribution >= 4 is 80.0 Å². The molecule has 7 aromatic rings. The molecule has 3 heteroatoms. The van der Waals surface area contributed by atoms with Crippen molar-refractivity contribution in [1.82, 2.24) is 0 Å². The predicted octanol–water partition coefficient (Wildman–Crippen LogP) is 15.1. The van der Waals surface area contributed by atoms with Crippen LogP contribution in [-0.2, 0) is 5.41 Å². The maximum Gasteiger partial charge on any atom is 0.0775 e. The van der Waals surface area contributed by atoms with Gasteiger partial charge < -0.3 is 4.90 Å². The van der Waals surface area contributed by atoms with E-state index in [1.165, 1.54) is 66.0 Å². The molecule has 0 unspecified atom stereocenters. The largest absolute Gasteiger partial charge is 0.310 e. The van der Waals surface area contributed by atoms with E-state index in [2.05, 4.69) is 258 Å². The average Bonchev–Trinajstić information content (AvgIpc) is 3.47. The van der Waals surface area contributed by atoms with E-state index < -0.39 is 16.1 Å². The van der Waals surface area contributed by atoms with E-state index in [1.54, 1.807) is 0 Å². The number of hydrogen-bond donors (Lipinski definition) is 0. The van der Waals surface area contributed by atoms with Crippen molar-refractivity contribution in [3.8, 4) is 11.1 Å². The lowest BCUT2D eigenvalue weighted by Gasteiger charge is -2.28. The van der Waals surface area contributed by atoms with Crippen LogP contribution in [0.4, 0.5) is 17.1 Å². The van der Waals surface area contributed by atoms with Gasteiger partial charge in [0, 0.05) is 22.5 Å². The highest BCUT2D eigenvalue weighted by Crippen LogP contribution is 2.51. The van der Waals surface area contributed by atoms with Gasteiger partial charge in [-0.15, -0.1) is 0 Å². The summed E-state index contributed by atoms with van der Waals surface area (Å²) in [6.45, 7) is 19.1. The highest BCUT2D eigenvalue weighted by molar-refractivity contribution is 6.89. The molecule has 60 heavy (non-hydrogen) atoms. The summed E-state index contributed by atoms with van der Waals surface area (Å²) >= 11 is 0. The number of hydrogen-bond acceptors (Lipinski definition) is 1. The van der Waals surface area contributed by atoms with Crippen LogP contribution in [-0.4, -0.2) is 16.1 Å². The van der Waals surface area contributed by atoms with Crippen LogP contribution >= 0.6 is 0 Å². The minimum absolute atomic E-state index is 0.160. The lowest BCUT2D eigenvalue weighted by molar-refractivity contribution is 0.660. The van der Waals surface area contributed by atoms with Gasteiger partial charge in [-0.3, -0.25) is 0 Å². The molecule has 1 aliphatic carbocycles. The molecule has 0 aromatic heterocycles. The number of nitrogens with zero attached hydrogens (tertiary/aromatic N) is 1. The third-order valence-electron chi connectivity index (χ3n) is 12.0. The fourth-order valence-corrected chi connectivity index (χ4v) is 10.6. The first-order valence-electron chi connectivity index (χ1n) is 21.3. The standard InChI is InChI=1S/C57H57NSi2/c1-57(2)55-40-47(19-18-42-12-10-9-11-13-42)28-38-53(55)54-39-33-50(41-56(54)57)58(48-29-20-43(21-30-48)14-16-45-24-34-51(35-25-45)59(3,4)5)49-31-22-44(23-32-49)15-17-46-26-36-52(37-27-46)60(6,7)8/h9-41H,1-8H3. The molecule has 0 N–H and O–H groups in total.